The molecule has 2 amide bonds. The van der Waals surface area contributed by atoms with E-state index >= 15 is 0 Å². The molecule has 0 bridgehead atoms. The zero-order valence-electron chi connectivity index (χ0n) is 13.2. The molecular formula is C16H25N3O2. The lowest BCUT2D eigenvalue weighted by atomic mass is 10.0. The van der Waals surface area contributed by atoms with E-state index in [0.29, 0.717) is 17.9 Å². The maximum atomic E-state index is 12.4. The Morgan fingerprint density at radius 2 is 1.86 bits per heavy atom. The highest BCUT2D eigenvalue weighted by Gasteiger charge is 2.22. The summed E-state index contributed by atoms with van der Waals surface area (Å²) in [5, 5.41) is 8.57. The van der Waals surface area contributed by atoms with Crippen LogP contribution in [0, 0.1) is 5.92 Å². The first-order chi connectivity index (χ1) is 9.99. The Kier molecular flexibility index (Phi) is 6.72. The molecule has 116 valence electrons. The molecule has 1 aromatic carbocycles. The zero-order valence-corrected chi connectivity index (χ0v) is 13.2. The van der Waals surface area contributed by atoms with Crippen LogP contribution in [0.15, 0.2) is 24.3 Å². The Balaban J connectivity index is 2.89. The quantitative estimate of drug-likeness (QED) is 0.719. The van der Waals surface area contributed by atoms with Gasteiger partial charge in [0.25, 0.3) is 5.91 Å². The van der Waals surface area contributed by atoms with Crippen molar-refractivity contribution >= 4 is 17.5 Å². The molecule has 0 aliphatic heterocycles. The van der Waals surface area contributed by atoms with E-state index in [1.807, 2.05) is 39.0 Å². The molecule has 0 aliphatic rings. The number of hydrogen-bond donors (Lipinski definition) is 3. The summed E-state index contributed by atoms with van der Waals surface area (Å²) in [5.41, 5.74) is 1.33. The van der Waals surface area contributed by atoms with E-state index in [-0.39, 0.29) is 11.8 Å². The number of amides is 2. The van der Waals surface area contributed by atoms with Gasteiger partial charge >= 0.3 is 0 Å². The molecule has 1 unspecified atom stereocenters. The van der Waals surface area contributed by atoms with Crippen LogP contribution in [-0.2, 0) is 4.79 Å². The van der Waals surface area contributed by atoms with Crippen molar-refractivity contribution < 1.29 is 9.59 Å². The Morgan fingerprint density at radius 1 is 1.19 bits per heavy atom. The van der Waals surface area contributed by atoms with Gasteiger partial charge in [0.05, 0.1) is 5.56 Å². The lowest BCUT2D eigenvalue weighted by Crippen LogP contribution is -2.46. The number of hydrogen-bond acceptors (Lipinski definition) is 3. The van der Waals surface area contributed by atoms with Gasteiger partial charge in [0.2, 0.25) is 5.91 Å². The Labute approximate surface area is 126 Å². The van der Waals surface area contributed by atoms with Gasteiger partial charge in [-0.05, 0) is 31.4 Å². The molecule has 5 heteroatoms. The number of nitrogens with one attached hydrogen (secondary N) is 3. The lowest BCUT2D eigenvalue weighted by Gasteiger charge is -2.20. The first-order valence-corrected chi connectivity index (χ1v) is 7.34. The third-order valence-electron chi connectivity index (χ3n) is 3.11. The standard InChI is InChI=1S/C16H25N3O2/c1-5-18-13-9-7-6-8-12(13)15(20)19-14(10-11(2)3)16(21)17-4/h6-9,11,14,18H,5,10H2,1-4H3,(H,17,21)(H,19,20). The number of anilines is 1. The summed E-state index contributed by atoms with van der Waals surface area (Å²) in [5.74, 6) is -0.0876. The molecule has 5 nitrogen and oxygen atoms in total. The second-order valence-corrected chi connectivity index (χ2v) is 5.35. The highest BCUT2D eigenvalue weighted by molar-refractivity contribution is 6.01. The van der Waals surface area contributed by atoms with E-state index in [2.05, 4.69) is 16.0 Å². The number of carbonyl (C=O) groups excluding carboxylic acids is 2. The van der Waals surface area contributed by atoms with Crippen LogP contribution >= 0.6 is 0 Å². The second kappa shape index (κ2) is 8.29. The molecule has 0 radical (unpaired) electrons. The summed E-state index contributed by atoms with van der Waals surface area (Å²) in [7, 11) is 1.58. The van der Waals surface area contributed by atoms with Gasteiger partial charge in [-0.15, -0.1) is 0 Å². The number of likely N-dealkylation sites (N-methyl/N-ethyl adjacent to an activating group) is 1. The van der Waals surface area contributed by atoms with Gasteiger partial charge in [-0.1, -0.05) is 26.0 Å². The van der Waals surface area contributed by atoms with E-state index < -0.39 is 6.04 Å². The fourth-order valence-corrected chi connectivity index (χ4v) is 2.14. The van der Waals surface area contributed by atoms with Crippen molar-refractivity contribution in [3.05, 3.63) is 29.8 Å². The fourth-order valence-electron chi connectivity index (χ4n) is 2.14. The van der Waals surface area contributed by atoms with Gasteiger partial charge in [0, 0.05) is 19.3 Å². The smallest absolute Gasteiger partial charge is 0.254 e. The maximum Gasteiger partial charge on any atom is 0.254 e. The fraction of sp³-hybridized carbons (Fsp3) is 0.500. The SMILES string of the molecule is CCNc1ccccc1C(=O)NC(CC(C)C)C(=O)NC. The summed E-state index contributed by atoms with van der Waals surface area (Å²) < 4.78 is 0. The van der Waals surface area contributed by atoms with Gasteiger partial charge in [-0.2, -0.15) is 0 Å². The van der Waals surface area contributed by atoms with Gasteiger partial charge in [-0.3, -0.25) is 9.59 Å². The van der Waals surface area contributed by atoms with Crippen LogP contribution in [-0.4, -0.2) is 31.4 Å². The van der Waals surface area contributed by atoms with Crippen LogP contribution < -0.4 is 16.0 Å². The Hall–Kier alpha value is -2.04. The van der Waals surface area contributed by atoms with Crippen molar-refractivity contribution in [3.63, 3.8) is 0 Å². The van der Waals surface area contributed by atoms with Crippen LogP contribution in [0.4, 0.5) is 5.69 Å². The van der Waals surface area contributed by atoms with Crippen molar-refractivity contribution in [1.82, 2.24) is 10.6 Å². The average molecular weight is 291 g/mol. The molecule has 21 heavy (non-hydrogen) atoms. The third-order valence-corrected chi connectivity index (χ3v) is 3.11. The summed E-state index contributed by atoms with van der Waals surface area (Å²) >= 11 is 0. The highest BCUT2D eigenvalue weighted by Crippen LogP contribution is 2.15. The zero-order chi connectivity index (χ0) is 15.8. The predicted octanol–water partition coefficient (Wildman–Crippen LogP) is 2.01. The van der Waals surface area contributed by atoms with Crippen molar-refractivity contribution in [2.24, 2.45) is 5.92 Å². The van der Waals surface area contributed by atoms with Crippen molar-refractivity contribution in [2.45, 2.75) is 33.2 Å². The Bertz CT molecular complexity index is 486. The molecular weight excluding hydrogens is 266 g/mol. The van der Waals surface area contributed by atoms with Crippen molar-refractivity contribution in [1.29, 1.82) is 0 Å². The van der Waals surface area contributed by atoms with Crippen LogP contribution in [0.3, 0.4) is 0 Å². The number of carbonyl (C=O) groups is 2. The number of para-hydroxylation sites is 1. The second-order valence-electron chi connectivity index (χ2n) is 5.35. The molecule has 0 aromatic heterocycles. The van der Waals surface area contributed by atoms with Crippen LogP contribution in [0.2, 0.25) is 0 Å². The van der Waals surface area contributed by atoms with E-state index in [1.165, 1.54) is 0 Å². The van der Waals surface area contributed by atoms with E-state index in [1.54, 1.807) is 13.1 Å². The molecule has 0 saturated heterocycles. The first kappa shape index (κ1) is 17.0. The van der Waals surface area contributed by atoms with Crippen molar-refractivity contribution in [3.8, 4) is 0 Å². The molecule has 1 rings (SSSR count). The molecule has 0 spiro atoms. The van der Waals surface area contributed by atoms with Crippen LogP contribution in [0.25, 0.3) is 0 Å². The summed E-state index contributed by atoms with van der Waals surface area (Å²) in [6.45, 7) is 6.75. The maximum absolute atomic E-state index is 12.4. The molecule has 1 aromatic rings. The number of benzene rings is 1. The molecule has 0 fully saturated rings. The summed E-state index contributed by atoms with van der Waals surface area (Å²) in [6, 6.07) is 6.78. The van der Waals surface area contributed by atoms with E-state index in [9.17, 15) is 9.59 Å². The molecule has 0 heterocycles. The topological polar surface area (TPSA) is 70.2 Å². The highest BCUT2D eigenvalue weighted by atomic mass is 16.2. The predicted molar refractivity (Wildman–Crippen MR) is 85.4 cm³/mol. The minimum Gasteiger partial charge on any atom is -0.385 e. The monoisotopic (exact) mass is 291 g/mol. The minimum atomic E-state index is -0.516. The lowest BCUT2D eigenvalue weighted by molar-refractivity contribution is -0.122. The minimum absolute atomic E-state index is 0.169. The normalized spacial score (nSPS) is 11.9. The van der Waals surface area contributed by atoms with Gasteiger partial charge in [-0.25, -0.2) is 0 Å². The number of rotatable bonds is 7. The average Bonchev–Trinajstić information content (AvgIpc) is 2.46. The van der Waals surface area contributed by atoms with Crippen molar-refractivity contribution in [2.75, 3.05) is 18.9 Å². The molecule has 0 saturated carbocycles. The molecule has 0 aliphatic carbocycles. The summed E-state index contributed by atoms with van der Waals surface area (Å²) in [4.78, 5) is 24.3. The Morgan fingerprint density at radius 3 is 2.43 bits per heavy atom. The van der Waals surface area contributed by atoms with Crippen LogP contribution in [0.1, 0.15) is 37.6 Å². The van der Waals surface area contributed by atoms with Gasteiger partial charge in [0.1, 0.15) is 6.04 Å². The third kappa shape index (κ3) is 5.10. The molecule has 1 atom stereocenters. The largest absolute Gasteiger partial charge is 0.385 e. The van der Waals surface area contributed by atoms with Gasteiger partial charge in [0.15, 0.2) is 0 Å². The summed E-state index contributed by atoms with van der Waals surface area (Å²) in [6.07, 6.45) is 0.606. The van der Waals surface area contributed by atoms with E-state index in [4.69, 9.17) is 0 Å². The first-order valence-electron chi connectivity index (χ1n) is 7.34. The van der Waals surface area contributed by atoms with Gasteiger partial charge < -0.3 is 16.0 Å². The van der Waals surface area contributed by atoms with E-state index in [0.717, 1.165) is 12.2 Å². The molecule has 3 N–H and O–H groups in total. The van der Waals surface area contributed by atoms with Crippen LogP contribution in [0.5, 0.6) is 0 Å².